The molecular formula is C27H27N3O4S. The minimum atomic E-state index is -0.564. The molecule has 0 radical (unpaired) electrons. The standard InChI is InChI=1S/C27H27N3O4S/c1-3-34-23-11-7-10-21(16-23)28-25(31)17-24-26(32)30(18-19-12-14-22(33-2)15-13-19)27(35-24)29-20-8-5-4-6-9-20/h4-16,24H,3,17-18H2,1-2H3,(H,28,31)/t24-/m1/s1. The molecule has 0 unspecified atom stereocenters. The van der Waals surface area contributed by atoms with Crippen LogP contribution >= 0.6 is 11.8 Å². The number of nitrogens with zero attached hydrogens (tertiary/aromatic N) is 2. The van der Waals surface area contributed by atoms with Crippen LogP contribution in [0.2, 0.25) is 0 Å². The highest BCUT2D eigenvalue weighted by Crippen LogP contribution is 2.33. The summed E-state index contributed by atoms with van der Waals surface area (Å²) in [5.74, 6) is 1.05. The number of carbonyl (C=O) groups excluding carboxylic acids is 2. The second-order valence-corrected chi connectivity index (χ2v) is 8.99. The number of carbonyl (C=O) groups is 2. The molecule has 1 N–H and O–H groups in total. The highest BCUT2D eigenvalue weighted by molar-refractivity contribution is 8.15. The van der Waals surface area contributed by atoms with Crippen molar-refractivity contribution in [3.63, 3.8) is 0 Å². The first-order chi connectivity index (χ1) is 17.1. The van der Waals surface area contributed by atoms with E-state index < -0.39 is 5.25 Å². The molecule has 0 aliphatic carbocycles. The second kappa shape index (κ2) is 11.6. The lowest BCUT2D eigenvalue weighted by Crippen LogP contribution is -2.33. The lowest BCUT2D eigenvalue weighted by molar-refractivity contribution is -0.128. The molecule has 0 spiro atoms. The molecule has 4 rings (SSSR count). The van der Waals surface area contributed by atoms with Crippen LogP contribution in [0.4, 0.5) is 11.4 Å². The van der Waals surface area contributed by atoms with Crippen molar-refractivity contribution in [2.24, 2.45) is 4.99 Å². The number of amides is 2. The zero-order valence-corrected chi connectivity index (χ0v) is 20.5. The third-order valence-corrected chi connectivity index (χ3v) is 6.48. The SMILES string of the molecule is CCOc1cccc(NC(=O)C[C@H]2SC(=Nc3ccccc3)N(Cc3ccc(OC)cc3)C2=O)c1. The predicted octanol–water partition coefficient (Wildman–Crippen LogP) is 5.25. The summed E-state index contributed by atoms with van der Waals surface area (Å²) in [6, 6.07) is 24.2. The molecule has 1 aliphatic heterocycles. The molecule has 0 bridgehead atoms. The van der Waals surface area contributed by atoms with E-state index in [0.29, 0.717) is 29.8 Å². The Kier molecular flexibility index (Phi) is 8.05. The van der Waals surface area contributed by atoms with Crippen molar-refractivity contribution >= 4 is 40.1 Å². The maximum Gasteiger partial charge on any atom is 0.242 e. The average molecular weight is 490 g/mol. The Morgan fingerprint density at radius 1 is 1.03 bits per heavy atom. The number of hydrogen-bond donors (Lipinski definition) is 1. The number of para-hydroxylation sites is 1. The monoisotopic (exact) mass is 489 g/mol. The maximum absolute atomic E-state index is 13.4. The Morgan fingerprint density at radius 2 is 1.80 bits per heavy atom. The molecule has 7 nitrogen and oxygen atoms in total. The molecule has 1 fully saturated rings. The fraction of sp³-hybridized carbons (Fsp3) is 0.222. The number of ether oxygens (including phenoxy) is 2. The first-order valence-electron chi connectivity index (χ1n) is 11.3. The van der Waals surface area contributed by atoms with E-state index in [1.165, 1.54) is 11.8 Å². The van der Waals surface area contributed by atoms with Crippen molar-refractivity contribution in [1.82, 2.24) is 4.90 Å². The second-order valence-electron chi connectivity index (χ2n) is 7.82. The minimum absolute atomic E-state index is 0.0370. The van der Waals surface area contributed by atoms with E-state index in [1.807, 2.05) is 73.7 Å². The highest BCUT2D eigenvalue weighted by Gasteiger charge is 2.39. The molecule has 2 amide bonds. The summed E-state index contributed by atoms with van der Waals surface area (Å²) >= 11 is 1.31. The van der Waals surface area contributed by atoms with Crippen molar-refractivity contribution < 1.29 is 19.1 Å². The quantitative estimate of drug-likeness (QED) is 0.444. The van der Waals surface area contributed by atoms with Gasteiger partial charge in [-0.05, 0) is 48.9 Å². The van der Waals surface area contributed by atoms with Crippen LogP contribution in [-0.4, -0.2) is 40.8 Å². The molecule has 1 aliphatic rings. The zero-order chi connectivity index (χ0) is 24.6. The van der Waals surface area contributed by atoms with Gasteiger partial charge in [0.1, 0.15) is 16.7 Å². The van der Waals surface area contributed by atoms with E-state index >= 15 is 0 Å². The number of amidine groups is 1. The molecule has 1 saturated heterocycles. The van der Waals surface area contributed by atoms with Crippen molar-refractivity contribution in [3.8, 4) is 11.5 Å². The Balaban J connectivity index is 1.50. The summed E-state index contributed by atoms with van der Waals surface area (Å²) in [4.78, 5) is 32.5. The van der Waals surface area contributed by atoms with Crippen LogP contribution in [-0.2, 0) is 16.1 Å². The fourth-order valence-electron chi connectivity index (χ4n) is 3.61. The molecule has 3 aromatic carbocycles. The average Bonchev–Trinajstić information content (AvgIpc) is 3.14. The van der Waals surface area contributed by atoms with Gasteiger partial charge in [0.05, 0.1) is 25.9 Å². The van der Waals surface area contributed by atoms with Gasteiger partial charge in [0.15, 0.2) is 5.17 Å². The normalized spacial score (nSPS) is 16.4. The molecule has 180 valence electrons. The summed E-state index contributed by atoms with van der Waals surface area (Å²) in [6.45, 7) is 2.80. The molecule has 0 saturated carbocycles. The number of anilines is 1. The van der Waals surface area contributed by atoms with Crippen LogP contribution in [0.5, 0.6) is 11.5 Å². The lowest BCUT2D eigenvalue weighted by atomic mass is 10.2. The number of hydrogen-bond acceptors (Lipinski definition) is 6. The van der Waals surface area contributed by atoms with Gasteiger partial charge in [-0.2, -0.15) is 0 Å². The van der Waals surface area contributed by atoms with Gasteiger partial charge in [-0.25, -0.2) is 4.99 Å². The number of thioether (sulfide) groups is 1. The molecule has 35 heavy (non-hydrogen) atoms. The predicted molar refractivity (Wildman–Crippen MR) is 139 cm³/mol. The van der Waals surface area contributed by atoms with Gasteiger partial charge in [0, 0.05) is 18.2 Å². The van der Waals surface area contributed by atoms with Crippen LogP contribution < -0.4 is 14.8 Å². The molecule has 3 aromatic rings. The van der Waals surface area contributed by atoms with E-state index in [2.05, 4.69) is 5.32 Å². The highest BCUT2D eigenvalue weighted by atomic mass is 32.2. The Bertz CT molecular complexity index is 1200. The third-order valence-electron chi connectivity index (χ3n) is 5.30. The van der Waals surface area contributed by atoms with Crippen LogP contribution in [0.1, 0.15) is 18.9 Å². The van der Waals surface area contributed by atoms with Crippen LogP contribution in [0.15, 0.2) is 83.9 Å². The van der Waals surface area contributed by atoms with Crippen LogP contribution in [0, 0.1) is 0 Å². The Hall–Kier alpha value is -3.78. The number of benzene rings is 3. The fourth-order valence-corrected chi connectivity index (χ4v) is 4.76. The summed E-state index contributed by atoms with van der Waals surface area (Å²) in [5, 5.41) is 2.89. The molecule has 0 aromatic heterocycles. The van der Waals surface area contributed by atoms with Crippen molar-refractivity contribution in [2.75, 3.05) is 19.0 Å². The zero-order valence-electron chi connectivity index (χ0n) is 19.6. The number of methoxy groups -OCH3 is 1. The van der Waals surface area contributed by atoms with Gasteiger partial charge in [-0.3, -0.25) is 14.5 Å². The smallest absolute Gasteiger partial charge is 0.242 e. The molecular weight excluding hydrogens is 462 g/mol. The largest absolute Gasteiger partial charge is 0.497 e. The van der Waals surface area contributed by atoms with E-state index in [9.17, 15) is 9.59 Å². The van der Waals surface area contributed by atoms with E-state index in [-0.39, 0.29) is 18.2 Å². The number of rotatable bonds is 9. The minimum Gasteiger partial charge on any atom is -0.497 e. The van der Waals surface area contributed by atoms with E-state index in [0.717, 1.165) is 17.0 Å². The van der Waals surface area contributed by atoms with Gasteiger partial charge in [-0.15, -0.1) is 0 Å². The van der Waals surface area contributed by atoms with E-state index in [4.69, 9.17) is 14.5 Å². The van der Waals surface area contributed by atoms with Gasteiger partial charge in [-0.1, -0.05) is 48.2 Å². The molecule has 1 heterocycles. The van der Waals surface area contributed by atoms with Crippen molar-refractivity contribution in [2.45, 2.75) is 25.1 Å². The van der Waals surface area contributed by atoms with Gasteiger partial charge in [0.25, 0.3) is 0 Å². The Morgan fingerprint density at radius 3 is 2.51 bits per heavy atom. The Labute approximate surface area is 209 Å². The molecule has 8 heteroatoms. The van der Waals surface area contributed by atoms with Crippen molar-refractivity contribution in [1.29, 1.82) is 0 Å². The number of nitrogens with one attached hydrogen (secondary N) is 1. The van der Waals surface area contributed by atoms with Crippen LogP contribution in [0.25, 0.3) is 0 Å². The van der Waals surface area contributed by atoms with Gasteiger partial charge in [0.2, 0.25) is 11.8 Å². The van der Waals surface area contributed by atoms with Gasteiger partial charge < -0.3 is 14.8 Å². The molecule has 1 atom stereocenters. The summed E-state index contributed by atoms with van der Waals surface area (Å²) < 4.78 is 10.7. The lowest BCUT2D eigenvalue weighted by Gasteiger charge is -2.17. The maximum atomic E-state index is 13.4. The number of aliphatic imine (C=N–C) groups is 1. The first-order valence-corrected chi connectivity index (χ1v) is 12.2. The van der Waals surface area contributed by atoms with Crippen molar-refractivity contribution in [3.05, 3.63) is 84.4 Å². The summed E-state index contributed by atoms with van der Waals surface area (Å²) in [5.41, 5.74) is 2.32. The summed E-state index contributed by atoms with van der Waals surface area (Å²) in [6.07, 6.45) is 0.0370. The first kappa shape index (κ1) is 24.3. The third kappa shape index (κ3) is 6.42. The van der Waals surface area contributed by atoms with E-state index in [1.54, 1.807) is 24.1 Å². The topological polar surface area (TPSA) is 80.2 Å². The summed E-state index contributed by atoms with van der Waals surface area (Å²) in [7, 11) is 1.61. The van der Waals surface area contributed by atoms with Gasteiger partial charge >= 0.3 is 0 Å². The van der Waals surface area contributed by atoms with Crippen LogP contribution in [0.3, 0.4) is 0 Å².